The maximum Gasteiger partial charge on any atom is 0.163 e. The van der Waals surface area contributed by atoms with E-state index in [1.165, 1.54) is 18.2 Å². The van der Waals surface area contributed by atoms with E-state index >= 15 is 0 Å². The van der Waals surface area contributed by atoms with Gasteiger partial charge in [0.1, 0.15) is 5.82 Å². The number of halogens is 1. The molecule has 57 valence electrons. The second-order valence-corrected chi connectivity index (χ2v) is 2.20. The Kier molecular flexibility index (Phi) is 2.36. The van der Waals surface area contributed by atoms with Crippen LogP contribution in [-0.2, 0) is 0 Å². The average Bonchev–Trinajstić information content (AvgIpc) is 2.03. The molecule has 1 aromatic rings. The van der Waals surface area contributed by atoms with Crippen LogP contribution >= 0.6 is 0 Å². The van der Waals surface area contributed by atoms with Gasteiger partial charge in [-0.1, -0.05) is 13.0 Å². The molecule has 0 aliphatic carbocycles. The van der Waals surface area contributed by atoms with Crippen LogP contribution in [0.1, 0.15) is 23.7 Å². The highest BCUT2D eigenvalue weighted by Crippen LogP contribution is 2.04. The average molecular weight is 151 g/mol. The summed E-state index contributed by atoms with van der Waals surface area (Å²) in [4.78, 5) is 11.0. The van der Waals surface area contributed by atoms with Gasteiger partial charge in [0, 0.05) is 12.0 Å². The first-order valence-electron chi connectivity index (χ1n) is 3.44. The molecule has 1 radical (unpaired) electrons. The van der Waals surface area contributed by atoms with E-state index in [1.54, 1.807) is 6.92 Å². The van der Waals surface area contributed by atoms with Gasteiger partial charge in [-0.3, -0.25) is 4.79 Å². The number of carbonyl (C=O) groups is 1. The first kappa shape index (κ1) is 7.92. The highest BCUT2D eigenvalue weighted by molar-refractivity contribution is 5.95. The number of benzene rings is 1. The molecule has 1 nitrogen and oxygen atoms in total. The molecule has 0 bridgehead atoms. The van der Waals surface area contributed by atoms with E-state index in [4.69, 9.17) is 0 Å². The fraction of sp³-hybridized carbons (Fsp3) is 0.222. The summed E-state index contributed by atoms with van der Waals surface area (Å²) in [5.74, 6) is -0.468. The molecule has 0 heterocycles. The van der Waals surface area contributed by atoms with Crippen molar-refractivity contribution in [3.8, 4) is 0 Å². The zero-order valence-corrected chi connectivity index (χ0v) is 6.23. The number of hydrogen-bond donors (Lipinski definition) is 0. The van der Waals surface area contributed by atoms with E-state index in [0.29, 0.717) is 12.0 Å². The SMILES string of the molecule is CCC(=O)c1[c]ccc(F)c1. The van der Waals surface area contributed by atoms with Gasteiger partial charge in [0.15, 0.2) is 5.78 Å². The van der Waals surface area contributed by atoms with Gasteiger partial charge in [0.05, 0.1) is 0 Å². The Bertz CT molecular complexity index is 268. The van der Waals surface area contributed by atoms with Gasteiger partial charge in [-0.05, 0) is 18.2 Å². The van der Waals surface area contributed by atoms with E-state index < -0.39 is 0 Å². The molecule has 0 amide bonds. The third kappa shape index (κ3) is 1.87. The van der Waals surface area contributed by atoms with E-state index in [0.717, 1.165) is 0 Å². The second kappa shape index (κ2) is 3.28. The predicted octanol–water partition coefficient (Wildman–Crippen LogP) is 2.22. The Morgan fingerprint density at radius 1 is 1.73 bits per heavy atom. The molecule has 0 unspecified atom stereocenters. The summed E-state index contributed by atoms with van der Waals surface area (Å²) in [6.07, 6.45) is 0.389. The molecule has 0 fully saturated rings. The molecule has 2 heteroatoms. The summed E-state index contributed by atoms with van der Waals surface area (Å²) < 4.78 is 12.5. The smallest absolute Gasteiger partial charge is 0.163 e. The molecule has 0 atom stereocenters. The van der Waals surface area contributed by atoms with Gasteiger partial charge in [0.25, 0.3) is 0 Å². The van der Waals surface area contributed by atoms with Gasteiger partial charge in [-0.2, -0.15) is 0 Å². The molecular formula is C9H8FO. The Hall–Kier alpha value is -1.18. The number of carbonyl (C=O) groups excluding carboxylic acids is 1. The lowest BCUT2D eigenvalue weighted by Crippen LogP contribution is -1.96. The summed E-state index contributed by atoms with van der Waals surface area (Å²) in [5, 5.41) is 0. The highest BCUT2D eigenvalue weighted by atomic mass is 19.1. The Morgan fingerprint density at radius 3 is 3.00 bits per heavy atom. The molecule has 0 saturated carbocycles. The lowest BCUT2D eigenvalue weighted by atomic mass is 10.1. The van der Waals surface area contributed by atoms with Gasteiger partial charge in [-0.25, -0.2) is 4.39 Å². The Morgan fingerprint density at radius 2 is 2.45 bits per heavy atom. The zero-order chi connectivity index (χ0) is 8.27. The van der Waals surface area contributed by atoms with Crippen molar-refractivity contribution in [2.24, 2.45) is 0 Å². The third-order valence-corrected chi connectivity index (χ3v) is 1.39. The lowest BCUT2D eigenvalue weighted by Gasteiger charge is -1.94. The van der Waals surface area contributed by atoms with Gasteiger partial charge in [0.2, 0.25) is 0 Å². The van der Waals surface area contributed by atoms with E-state index in [1.807, 2.05) is 0 Å². The largest absolute Gasteiger partial charge is 0.294 e. The topological polar surface area (TPSA) is 17.1 Å². The van der Waals surface area contributed by atoms with Crippen LogP contribution in [0.5, 0.6) is 0 Å². The van der Waals surface area contributed by atoms with Crippen LogP contribution in [0.25, 0.3) is 0 Å². The predicted molar refractivity (Wildman–Crippen MR) is 39.9 cm³/mol. The molecular weight excluding hydrogens is 143 g/mol. The van der Waals surface area contributed by atoms with Crippen molar-refractivity contribution in [2.45, 2.75) is 13.3 Å². The van der Waals surface area contributed by atoms with Crippen molar-refractivity contribution in [2.75, 3.05) is 0 Å². The molecule has 0 saturated heterocycles. The molecule has 11 heavy (non-hydrogen) atoms. The van der Waals surface area contributed by atoms with Gasteiger partial charge in [-0.15, -0.1) is 0 Å². The Balaban J connectivity index is 2.96. The molecule has 0 aliphatic rings. The van der Waals surface area contributed by atoms with Crippen LogP contribution in [0.2, 0.25) is 0 Å². The first-order chi connectivity index (χ1) is 5.24. The standard InChI is InChI=1S/C9H8FO/c1-2-9(11)7-4-3-5-8(10)6-7/h3,5-6H,2H2,1H3. The summed E-state index contributed by atoms with van der Waals surface area (Å²) in [7, 11) is 0. The van der Waals surface area contributed by atoms with Crippen LogP contribution in [-0.4, -0.2) is 5.78 Å². The summed E-state index contributed by atoms with van der Waals surface area (Å²) in [6, 6.07) is 6.56. The first-order valence-corrected chi connectivity index (χ1v) is 3.44. The molecule has 0 aliphatic heterocycles. The third-order valence-electron chi connectivity index (χ3n) is 1.39. The number of rotatable bonds is 2. The quantitative estimate of drug-likeness (QED) is 0.592. The molecule has 0 spiro atoms. The maximum atomic E-state index is 12.5. The molecule has 1 aromatic carbocycles. The summed E-state index contributed by atoms with van der Waals surface area (Å²) >= 11 is 0. The van der Waals surface area contributed by atoms with Crippen LogP contribution in [0.15, 0.2) is 18.2 Å². The van der Waals surface area contributed by atoms with E-state index in [9.17, 15) is 9.18 Å². The van der Waals surface area contributed by atoms with Gasteiger partial charge >= 0.3 is 0 Å². The van der Waals surface area contributed by atoms with Crippen LogP contribution in [0, 0.1) is 11.9 Å². The minimum atomic E-state index is -0.388. The number of ketones is 1. The summed E-state index contributed by atoms with van der Waals surface area (Å²) in [6.45, 7) is 1.74. The minimum Gasteiger partial charge on any atom is -0.294 e. The highest BCUT2D eigenvalue weighted by Gasteiger charge is 2.02. The molecule has 0 aromatic heterocycles. The van der Waals surface area contributed by atoms with Crippen molar-refractivity contribution in [3.63, 3.8) is 0 Å². The number of Topliss-reactive ketones (excluding diaryl/α,β-unsaturated/α-hetero) is 1. The van der Waals surface area contributed by atoms with Crippen LogP contribution in [0.4, 0.5) is 4.39 Å². The molecule has 0 N–H and O–H groups in total. The number of hydrogen-bond acceptors (Lipinski definition) is 1. The van der Waals surface area contributed by atoms with E-state index in [-0.39, 0.29) is 11.6 Å². The lowest BCUT2D eigenvalue weighted by molar-refractivity contribution is 0.0987. The Labute approximate surface area is 64.9 Å². The maximum absolute atomic E-state index is 12.5. The fourth-order valence-corrected chi connectivity index (χ4v) is 0.790. The van der Waals surface area contributed by atoms with Crippen LogP contribution in [0.3, 0.4) is 0 Å². The second-order valence-electron chi connectivity index (χ2n) is 2.20. The zero-order valence-electron chi connectivity index (χ0n) is 6.23. The van der Waals surface area contributed by atoms with Gasteiger partial charge < -0.3 is 0 Å². The van der Waals surface area contributed by atoms with E-state index in [2.05, 4.69) is 6.07 Å². The van der Waals surface area contributed by atoms with Crippen molar-refractivity contribution in [1.82, 2.24) is 0 Å². The van der Waals surface area contributed by atoms with Crippen molar-refractivity contribution < 1.29 is 9.18 Å². The monoisotopic (exact) mass is 151 g/mol. The summed E-state index contributed by atoms with van der Waals surface area (Å²) in [5.41, 5.74) is 0.326. The van der Waals surface area contributed by atoms with Crippen LogP contribution < -0.4 is 0 Å². The minimum absolute atomic E-state index is 0.0792. The molecule has 1 rings (SSSR count). The van der Waals surface area contributed by atoms with Crippen molar-refractivity contribution >= 4 is 5.78 Å². The normalized spacial score (nSPS) is 9.64. The van der Waals surface area contributed by atoms with Crippen molar-refractivity contribution in [3.05, 3.63) is 35.6 Å². The van der Waals surface area contributed by atoms with Crippen molar-refractivity contribution in [1.29, 1.82) is 0 Å². The fourth-order valence-electron chi connectivity index (χ4n) is 0.790.